The topological polar surface area (TPSA) is 54.3 Å². The minimum atomic E-state index is -0.313. The Bertz CT molecular complexity index is 1190. The third kappa shape index (κ3) is 5.02. The van der Waals surface area contributed by atoms with E-state index in [9.17, 15) is 9.18 Å². The van der Waals surface area contributed by atoms with E-state index in [1.54, 1.807) is 19.2 Å². The third-order valence-corrected chi connectivity index (χ3v) is 8.66. The monoisotopic (exact) mass is 490 g/mol. The Morgan fingerprint density at radius 2 is 1.58 bits per heavy atom. The number of hydrogen-bond donors (Lipinski definition) is 2. The Kier molecular flexibility index (Phi) is 7.64. The molecule has 0 bridgehead atoms. The number of rotatable bonds is 5. The molecule has 192 valence electrons. The Morgan fingerprint density at radius 1 is 0.889 bits per heavy atom. The fraction of sp³-hybridized carbons (Fsp3) is 0.516. The van der Waals surface area contributed by atoms with E-state index < -0.39 is 0 Å². The van der Waals surface area contributed by atoms with Gasteiger partial charge in [-0.05, 0) is 66.5 Å². The van der Waals surface area contributed by atoms with Gasteiger partial charge in [0.1, 0.15) is 17.2 Å². The molecule has 2 N–H and O–H groups in total. The summed E-state index contributed by atoms with van der Waals surface area (Å²) in [7, 11) is 3.60. The summed E-state index contributed by atoms with van der Waals surface area (Å²) in [4.78, 5) is 13.1. The smallest absolute Gasteiger partial charge is 0.255 e. The van der Waals surface area contributed by atoms with E-state index >= 15 is 0 Å². The van der Waals surface area contributed by atoms with Crippen molar-refractivity contribution in [1.82, 2.24) is 5.32 Å². The number of hydrogen-bond acceptors (Lipinski definition) is 3. The van der Waals surface area contributed by atoms with Gasteiger partial charge in [0.05, 0.1) is 5.56 Å². The van der Waals surface area contributed by atoms with Crippen LogP contribution in [0.4, 0.5) is 10.1 Å². The van der Waals surface area contributed by atoms with Gasteiger partial charge in [-0.3, -0.25) is 4.79 Å². The molecule has 4 nitrogen and oxygen atoms in total. The average Bonchev–Trinajstić information content (AvgIpc) is 3.26. The molecule has 2 aliphatic rings. The maximum atomic E-state index is 13.6. The van der Waals surface area contributed by atoms with Crippen LogP contribution in [0.3, 0.4) is 0 Å². The molecule has 36 heavy (non-hydrogen) atoms. The lowest BCUT2D eigenvalue weighted by Crippen LogP contribution is -2.23. The van der Waals surface area contributed by atoms with Crippen LogP contribution in [0.2, 0.25) is 0 Å². The zero-order valence-corrected chi connectivity index (χ0v) is 21.7. The fourth-order valence-corrected chi connectivity index (χ4v) is 6.77. The van der Waals surface area contributed by atoms with E-state index in [2.05, 4.69) is 16.7 Å². The fourth-order valence-electron chi connectivity index (χ4n) is 6.77. The molecule has 0 spiro atoms. The first-order valence-corrected chi connectivity index (χ1v) is 13.8. The average molecular weight is 491 g/mol. The molecule has 1 amide bonds. The van der Waals surface area contributed by atoms with Gasteiger partial charge in [0.15, 0.2) is 0 Å². The third-order valence-electron chi connectivity index (χ3n) is 8.66. The Balaban J connectivity index is 1.53. The van der Waals surface area contributed by atoms with Crippen LogP contribution in [0.25, 0.3) is 22.3 Å². The summed E-state index contributed by atoms with van der Waals surface area (Å²) >= 11 is 0. The van der Waals surface area contributed by atoms with Crippen LogP contribution in [0.15, 0.2) is 40.8 Å². The first-order valence-electron chi connectivity index (χ1n) is 13.8. The van der Waals surface area contributed by atoms with Crippen molar-refractivity contribution in [2.45, 2.75) is 76.5 Å². The molecule has 2 unspecified atom stereocenters. The molecule has 2 atom stereocenters. The number of carbonyl (C=O) groups excluding carboxylic acids is 1. The number of amides is 1. The van der Waals surface area contributed by atoms with Gasteiger partial charge in [-0.2, -0.15) is 0 Å². The minimum Gasteiger partial charge on any atom is -0.455 e. The van der Waals surface area contributed by atoms with Crippen LogP contribution >= 0.6 is 0 Å². The number of furan rings is 1. The summed E-state index contributed by atoms with van der Waals surface area (Å²) < 4.78 is 19.8. The summed E-state index contributed by atoms with van der Waals surface area (Å²) in [6.07, 6.45) is 14.8. The van der Waals surface area contributed by atoms with Crippen LogP contribution in [-0.2, 0) is 0 Å². The van der Waals surface area contributed by atoms with Gasteiger partial charge in [0.25, 0.3) is 5.91 Å². The summed E-state index contributed by atoms with van der Waals surface area (Å²) in [6.45, 7) is 0. The van der Waals surface area contributed by atoms with E-state index in [0.717, 1.165) is 22.9 Å². The molecule has 0 aliphatic heterocycles. The van der Waals surface area contributed by atoms with Gasteiger partial charge in [0.2, 0.25) is 0 Å². The van der Waals surface area contributed by atoms with Gasteiger partial charge in [0, 0.05) is 36.8 Å². The molecule has 2 saturated carbocycles. The summed E-state index contributed by atoms with van der Waals surface area (Å²) in [5.41, 5.74) is 4.26. The normalized spacial score (nSPS) is 21.6. The molecule has 1 aromatic heterocycles. The highest BCUT2D eigenvalue weighted by atomic mass is 19.1. The molecule has 0 saturated heterocycles. The van der Waals surface area contributed by atoms with Crippen LogP contribution in [0.1, 0.15) is 92.5 Å². The molecule has 5 rings (SSSR count). The number of nitrogens with one attached hydrogen (secondary N) is 2. The summed E-state index contributed by atoms with van der Waals surface area (Å²) in [5, 5.41) is 7.02. The highest BCUT2D eigenvalue weighted by Gasteiger charge is 2.31. The lowest BCUT2D eigenvalue weighted by molar-refractivity contribution is 0.0964. The number of halogens is 1. The van der Waals surface area contributed by atoms with Crippen molar-refractivity contribution in [3.63, 3.8) is 0 Å². The van der Waals surface area contributed by atoms with Gasteiger partial charge in [-0.15, -0.1) is 0 Å². The van der Waals surface area contributed by atoms with Crippen LogP contribution in [-0.4, -0.2) is 20.0 Å². The van der Waals surface area contributed by atoms with E-state index in [0.29, 0.717) is 28.4 Å². The van der Waals surface area contributed by atoms with Gasteiger partial charge >= 0.3 is 0 Å². The van der Waals surface area contributed by atoms with Crippen molar-refractivity contribution >= 4 is 22.6 Å². The van der Waals surface area contributed by atoms with E-state index in [1.165, 1.54) is 88.3 Å². The predicted octanol–water partition coefficient (Wildman–Crippen LogP) is 8.27. The second-order valence-electron chi connectivity index (χ2n) is 10.8. The second kappa shape index (κ2) is 11.1. The number of fused-ring (bicyclic) bond motifs is 1. The minimum absolute atomic E-state index is 0.188. The maximum absolute atomic E-state index is 13.6. The van der Waals surface area contributed by atoms with Crippen molar-refractivity contribution in [2.24, 2.45) is 11.8 Å². The van der Waals surface area contributed by atoms with Crippen LogP contribution in [0, 0.1) is 17.7 Å². The summed E-state index contributed by atoms with van der Waals surface area (Å²) in [5.74, 6) is 2.11. The molecule has 2 fully saturated rings. The van der Waals surface area contributed by atoms with Crippen molar-refractivity contribution < 1.29 is 13.6 Å². The molecule has 2 aromatic carbocycles. The lowest BCUT2D eigenvalue weighted by atomic mass is 9.69. The Hall–Kier alpha value is -2.82. The standard InChI is InChI=1S/C31H39FN2O2/c1-33-27-19-28-26(29(31(35)34-2)30(36-28)21-13-15-24(32)16-14-21)18-25(27)23-12-8-11-22(17-23)20-9-6-4-3-5-7-10-20/h13-16,18-20,22-23,33H,3-12,17H2,1-2H3,(H,34,35). The van der Waals surface area contributed by atoms with E-state index in [1.807, 2.05) is 13.1 Å². The number of carbonyl (C=O) groups is 1. The SMILES string of the molecule is CNC(=O)c1c(-c2ccc(F)cc2)oc2cc(NC)c(C3CCCC(C4CCCCCCC4)C3)cc12. The molecular weight excluding hydrogens is 451 g/mol. The highest BCUT2D eigenvalue weighted by Crippen LogP contribution is 2.46. The molecule has 5 heteroatoms. The molecule has 2 aliphatic carbocycles. The van der Waals surface area contributed by atoms with E-state index in [4.69, 9.17) is 4.42 Å². The number of anilines is 1. The quantitative estimate of drug-likeness (QED) is 0.378. The molecular formula is C31H39FN2O2. The Labute approximate surface area is 214 Å². The lowest BCUT2D eigenvalue weighted by Gasteiger charge is -2.36. The van der Waals surface area contributed by atoms with Gasteiger partial charge in [-0.25, -0.2) is 4.39 Å². The molecule has 0 radical (unpaired) electrons. The number of benzene rings is 2. The Morgan fingerprint density at radius 3 is 2.28 bits per heavy atom. The van der Waals surface area contributed by atoms with Crippen molar-refractivity contribution in [2.75, 3.05) is 19.4 Å². The first-order chi connectivity index (χ1) is 17.6. The molecule has 1 heterocycles. The van der Waals surface area contributed by atoms with Crippen LogP contribution in [0.5, 0.6) is 0 Å². The van der Waals surface area contributed by atoms with Gasteiger partial charge in [-0.1, -0.05) is 57.8 Å². The van der Waals surface area contributed by atoms with Crippen molar-refractivity contribution in [1.29, 1.82) is 0 Å². The van der Waals surface area contributed by atoms with Crippen molar-refractivity contribution in [3.05, 3.63) is 53.3 Å². The first kappa shape index (κ1) is 24.9. The second-order valence-corrected chi connectivity index (χ2v) is 10.8. The maximum Gasteiger partial charge on any atom is 0.255 e. The zero-order chi connectivity index (χ0) is 25.1. The molecule has 3 aromatic rings. The van der Waals surface area contributed by atoms with Crippen molar-refractivity contribution in [3.8, 4) is 11.3 Å². The predicted molar refractivity (Wildman–Crippen MR) is 145 cm³/mol. The zero-order valence-electron chi connectivity index (χ0n) is 21.7. The van der Waals surface area contributed by atoms with Crippen LogP contribution < -0.4 is 10.6 Å². The largest absolute Gasteiger partial charge is 0.455 e. The summed E-state index contributed by atoms with van der Waals surface area (Å²) in [6, 6.07) is 10.4. The highest BCUT2D eigenvalue weighted by molar-refractivity contribution is 6.11. The van der Waals surface area contributed by atoms with Gasteiger partial charge < -0.3 is 15.1 Å². The van der Waals surface area contributed by atoms with E-state index in [-0.39, 0.29) is 11.7 Å².